The lowest BCUT2D eigenvalue weighted by Gasteiger charge is -2.16. The highest BCUT2D eigenvalue weighted by Gasteiger charge is 2.18. The summed E-state index contributed by atoms with van der Waals surface area (Å²) in [7, 11) is 0. The van der Waals surface area contributed by atoms with Crippen molar-refractivity contribution in [2.75, 3.05) is 19.6 Å². The molecular weight excluding hydrogens is 242 g/mol. The first-order valence-electron chi connectivity index (χ1n) is 6.64. The zero-order valence-corrected chi connectivity index (χ0v) is 10.9. The molecule has 1 fully saturated rings. The molecule has 0 bridgehead atoms. The molecule has 1 aliphatic rings. The van der Waals surface area contributed by atoms with E-state index in [0.717, 1.165) is 45.1 Å². The van der Waals surface area contributed by atoms with E-state index < -0.39 is 4.92 Å². The van der Waals surface area contributed by atoms with Crippen LogP contribution >= 0.6 is 0 Å². The van der Waals surface area contributed by atoms with Gasteiger partial charge in [0.25, 0.3) is 6.20 Å². The van der Waals surface area contributed by atoms with Crippen molar-refractivity contribution >= 4 is 0 Å². The molecule has 5 nitrogen and oxygen atoms in total. The Hall–Kier alpha value is -2.04. The first kappa shape index (κ1) is 13.4. The van der Waals surface area contributed by atoms with Gasteiger partial charge in [-0.25, -0.2) is 0 Å². The molecule has 0 spiro atoms. The maximum Gasteiger partial charge on any atom is 0.274 e. The van der Waals surface area contributed by atoms with E-state index in [1.807, 2.05) is 11.0 Å². The van der Waals surface area contributed by atoms with Crippen molar-refractivity contribution in [2.45, 2.75) is 19.3 Å². The lowest BCUT2D eigenvalue weighted by Crippen LogP contribution is -2.22. The van der Waals surface area contributed by atoms with E-state index in [0.29, 0.717) is 5.82 Å². The average Bonchev–Trinajstić information content (AvgIpc) is 2.82. The Morgan fingerprint density at radius 1 is 1.32 bits per heavy atom. The molecule has 1 aliphatic heterocycles. The SMILES string of the molecule is O=[N+]([O-])/C=C1/NCCN1CCCCc1ccccc1. The number of rotatable bonds is 6. The predicted octanol–water partition coefficient (Wildman–Crippen LogP) is 1.99. The Bertz CT molecular complexity index is 445. The maximum absolute atomic E-state index is 10.5. The van der Waals surface area contributed by atoms with Gasteiger partial charge < -0.3 is 10.2 Å². The Kier molecular flexibility index (Phi) is 4.78. The summed E-state index contributed by atoms with van der Waals surface area (Å²) in [6.45, 7) is 2.52. The molecule has 5 heteroatoms. The molecule has 2 rings (SSSR count). The molecule has 1 saturated heterocycles. The second-order valence-electron chi connectivity index (χ2n) is 4.66. The number of unbranched alkanes of at least 4 members (excludes halogenated alkanes) is 1. The zero-order chi connectivity index (χ0) is 13.5. The summed E-state index contributed by atoms with van der Waals surface area (Å²) < 4.78 is 0. The third kappa shape index (κ3) is 4.28. The smallest absolute Gasteiger partial charge is 0.274 e. The molecule has 0 amide bonds. The van der Waals surface area contributed by atoms with Crippen LogP contribution in [-0.2, 0) is 6.42 Å². The molecule has 0 aromatic heterocycles. The normalized spacial score (nSPS) is 16.6. The number of nitrogens with one attached hydrogen (secondary N) is 1. The van der Waals surface area contributed by atoms with Gasteiger partial charge in [0.2, 0.25) is 0 Å². The van der Waals surface area contributed by atoms with Gasteiger partial charge in [0.05, 0.1) is 4.92 Å². The van der Waals surface area contributed by atoms with E-state index in [4.69, 9.17) is 0 Å². The summed E-state index contributed by atoms with van der Waals surface area (Å²) in [5.41, 5.74) is 1.35. The van der Waals surface area contributed by atoms with Crippen molar-refractivity contribution in [3.05, 3.63) is 58.0 Å². The van der Waals surface area contributed by atoms with E-state index in [-0.39, 0.29) is 0 Å². The van der Waals surface area contributed by atoms with Crippen LogP contribution in [0.2, 0.25) is 0 Å². The number of hydrogen-bond donors (Lipinski definition) is 1. The van der Waals surface area contributed by atoms with Gasteiger partial charge in [-0.05, 0) is 24.8 Å². The molecular formula is C14H19N3O2. The fraction of sp³-hybridized carbons (Fsp3) is 0.429. The van der Waals surface area contributed by atoms with Crippen LogP contribution in [0.15, 0.2) is 42.4 Å². The maximum atomic E-state index is 10.5. The van der Waals surface area contributed by atoms with Gasteiger partial charge in [0.15, 0.2) is 5.82 Å². The molecule has 1 aromatic rings. The van der Waals surface area contributed by atoms with Crippen molar-refractivity contribution < 1.29 is 4.92 Å². The highest BCUT2D eigenvalue weighted by atomic mass is 16.6. The Morgan fingerprint density at radius 3 is 2.84 bits per heavy atom. The molecule has 1 aromatic carbocycles. The van der Waals surface area contributed by atoms with Gasteiger partial charge in [-0.15, -0.1) is 0 Å². The van der Waals surface area contributed by atoms with E-state index in [9.17, 15) is 10.1 Å². The summed E-state index contributed by atoms with van der Waals surface area (Å²) in [5.74, 6) is 0.643. The fourth-order valence-electron chi connectivity index (χ4n) is 2.29. The number of nitrogens with zero attached hydrogens (tertiary/aromatic N) is 2. The van der Waals surface area contributed by atoms with Crippen LogP contribution in [0.25, 0.3) is 0 Å². The number of aryl methyl sites for hydroxylation is 1. The molecule has 102 valence electrons. The molecule has 0 atom stereocenters. The van der Waals surface area contributed by atoms with Gasteiger partial charge >= 0.3 is 0 Å². The van der Waals surface area contributed by atoms with Crippen LogP contribution in [0.3, 0.4) is 0 Å². The van der Waals surface area contributed by atoms with Gasteiger partial charge in [-0.1, -0.05) is 30.3 Å². The minimum absolute atomic E-state index is 0.398. The van der Waals surface area contributed by atoms with Crippen LogP contribution in [0.1, 0.15) is 18.4 Å². The molecule has 0 radical (unpaired) electrons. The quantitative estimate of drug-likeness (QED) is 0.483. The monoisotopic (exact) mass is 261 g/mol. The Morgan fingerprint density at radius 2 is 2.11 bits per heavy atom. The Labute approximate surface area is 113 Å². The van der Waals surface area contributed by atoms with Crippen LogP contribution < -0.4 is 5.32 Å². The summed E-state index contributed by atoms with van der Waals surface area (Å²) >= 11 is 0. The number of hydrogen-bond acceptors (Lipinski definition) is 4. The molecule has 1 N–H and O–H groups in total. The zero-order valence-electron chi connectivity index (χ0n) is 10.9. The predicted molar refractivity (Wildman–Crippen MR) is 74.0 cm³/mol. The van der Waals surface area contributed by atoms with Crippen molar-refractivity contribution in [3.63, 3.8) is 0 Å². The lowest BCUT2D eigenvalue weighted by molar-refractivity contribution is -0.404. The van der Waals surface area contributed by atoms with E-state index in [1.165, 1.54) is 5.56 Å². The van der Waals surface area contributed by atoms with Crippen LogP contribution in [0.5, 0.6) is 0 Å². The average molecular weight is 261 g/mol. The first-order chi connectivity index (χ1) is 9.25. The number of benzene rings is 1. The van der Waals surface area contributed by atoms with Crippen molar-refractivity contribution in [3.8, 4) is 0 Å². The highest BCUT2D eigenvalue weighted by molar-refractivity contribution is 5.14. The standard InChI is InChI=1S/C14H19N3O2/c18-17(19)12-14-15-9-11-16(14)10-5-4-8-13-6-2-1-3-7-13/h1-3,6-7,12,15H,4-5,8-11H2/b14-12-. The molecule has 0 saturated carbocycles. The van der Waals surface area contributed by atoms with Gasteiger partial charge in [0, 0.05) is 19.6 Å². The fourth-order valence-corrected chi connectivity index (χ4v) is 2.29. The second-order valence-corrected chi connectivity index (χ2v) is 4.66. The molecule has 0 aliphatic carbocycles. The molecule has 0 unspecified atom stereocenters. The summed E-state index contributed by atoms with van der Waals surface area (Å²) in [6, 6.07) is 10.4. The summed E-state index contributed by atoms with van der Waals surface area (Å²) in [6.07, 6.45) is 4.28. The lowest BCUT2D eigenvalue weighted by atomic mass is 10.1. The minimum atomic E-state index is -0.398. The van der Waals surface area contributed by atoms with Crippen molar-refractivity contribution in [1.29, 1.82) is 0 Å². The third-order valence-corrected chi connectivity index (χ3v) is 3.24. The van der Waals surface area contributed by atoms with Crippen molar-refractivity contribution in [2.24, 2.45) is 0 Å². The van der Waals surface area contributed by atoms with Crippen LogP contribution in [0.4, 0.5) is 0 Å². The van der Waals surface area contributed by atoms with Crippen LogP contribution in [0, 0.1) is 10.1 Å². The van der Waals surface area contributed by atoms with E-state index >= 15 is 0 Å². The number of nitro groups is 1. The van der Waals surface area contributed by atoms with Crippen LogP contribution in [-0.4, -0.2) is 29.5 Å². The van der Waals surface area contributed by atoms with Gasteiger partial charge in [-0.3, -0.25) is 10.1 Å². The third-order valence-electron chi connectivity index (χ3n) is 3.24. The Balaban J connectivity index is 1.72. The summed E-state index contributed by atoms with van der Waals surface area (Å²) in [4.78, 5) is 12.1. The first-order valence-corrected chi connectivity index (χ1v) is 6.64. The van der Waals surface area contributed by atoms with Gasteiger partial charge in [-0.2, -0.15) is 0 Å². The van der Waals surface area contributed by atoms with Gasteiger partial charge in [0.1, 0.15) is 0 Å². The topological polar surface area (TPSA) is 58.4 Å². The minimum Gasteiger partial charge on any atom is -0.365 e. The second kappa shape index (κ2) is 6.78. The molecule has 19 heavy (non-hydrogen) atoms. The van der Waals surface area contributed by atoms with E-state index in [1.54, 1.807) is 0 Å². The molecule has 1 heterocycles. The van der Waals surface area contributed by atoms with E-state index in [2.05, 4.69) is 29.6 Å². The largest absolute Gasteiger partial charge is 0.365 e. The highest BCUT2D eigenvalue weighted by Crippen LogP contribution is 2.10. The van der Waals surface area contributed by atoms with Crippen molar-refractivity contribution in [1.82, 2.24) is 10.2 Å². The summed E-state index contributed by atoms with van der Waals surface area (Å²) in [5, 5.41) is 13.5.